The summed E-state index contributed by atoms with van der Waals surface area (Å²) in [5.74, 6) is -0.509. The minimum absolute atomic E-state index is 0.161. The van der Waals surface area contributed by atoms with Crippen LogP contribution in [0.3, 0.4) is 0 Å². The zero-order valence-corrected chi connectivity index (χ0v) is 15.5. The van der Waals surface area contributed by atoms with Crippen LogP contribution in [-0.2, 0) is 4.79 Å². The van der Waals surface area contributed by atoms with Crippen molar-refractivity contribution in [2.24, 2.45) is 5.92 Å². The lowest BCUT2D eigenvalue weighted by Crippen LogP contribution is -2.39. The zero-order chi connectivity index (χ0) is 19.4. The van der Waals surface area contributed by atoms with Crippen LogP contribution in [0.2, 0.25) is 0 Å². The van der Waals surface area contributed by atoms with Gasteiger partial charge in [0.25, 0.3) is 0 Å². The van der Waals surface area contributed by atoms with E-state index in [1.54, 1.807) is 13.2 Å². The van der Waals surface area contributed by atoms with E-state index in [1.807, 2.05) is 30.3 Å². The van der Waals surface area contributed by atoms with Crippen molar-refractivity contribution in [2.45, 2.75) is 18.9 Å². The average Bonchev–Trinajstić information content (AvgIpc) is 2.69. The molecule has 6 heteroatoms. The molecule has 3 rings (SSSR count). The predicted octanol–water partition coefficient (Wildman–Crippen LogP) is 3.73. The van der Waals surface area contributed by atoms with E-state index in [0.29, 0.717) is 25.9 Å². The van der Waals surface area contributed by atoms with Crippen LogP contribution in [0.15, 0.2) is 42.5 Å². The fraction of sp³-hybridized carbons (Fsp3) is 0.381. The summed E-state index contributed by atoms with van der Waals surface area (Å²) in [5, 5.41) is 9.25. The first-order valence-electron chi connectivity index (χ1n) is 8.97. The summed E-state index contributed by atoms with van der Waals surface area (Å²) in [6, 6.07) is 12.5. The van der Waals surface area contributed by atoms with Gasteiger partial charge in [-0.2, -0.15) is 0 Å². The van der Waals surface area contributed by atoms with Crippen LogP contribution in [0, 0.1) is 11.7 Å². The van der Waals surface area contributed by atoms with Crippen LogP contribution in [0.25, 0.3) is 0 Å². The van der Waals surface area contributed by atoms with E-state index in [-0.39, 0.29) is 17.7 Å². The van der Waals surface area contributed by atoms with E-state index in [4.69, 9.17) is 9.47 Å². The lowest BCUT2D eigenvalue weighted by Gasteiger charge is -2.37. The number of piperidine rings is 1. The van der Waals surface area contributed by atoms with Gasteiger partial charge in [-0.15, -0.1) is 0 Å². The molecule has 0 bridgehead atoms. The lowest BCUT2D eigenvalue weighted by molar-refractivity contribution is -0.143. The fourth-order valence-electron chi connectivity index (χ4n) is 3.66. The number of nitrogens with zero attached hydrogens (tertiary/aromatic N) is 1. The minimum Gasteiger partial charge on any atom is -0.497 e. The van der Waals surface area contributed by atoms with E-state index in [0.717, 1.165) is 16.9 Å². The van der Waals surface area contributed by atoms with Crippen LogP contribution in [-0.4, -0.2) is 43.3 Å². The summed E-state index contributed by atoms with van der Waals surface area (Å²) in [6.45, 7) is 1.28. The van der Waals surface area contributed by atoms with E-state index in [1.165, 1.54) is 13.2 Å². The van der Waals surface area contributed by atoms with Gasteiger partial charge in [-0.3, -0.25) is 9.69 Å². The molecule has 0 aliphatic carbocycles. The molecule has 1 atom stereocenters. The Kier molecular flexibility index (Phi) is 5.96. The molecule has 2 aromatic rings. The Morgan fingerprint density at radius 2 is 1.70 bits per heavy atom. The number of carboxylic acid groups (broad SMARTS) is 1. The molecule has 1 aliphatic heterocycles. The molecule has 1 unspecified atom stereocenters. The van der Waals surface area contributed by atoms with Crippen molar-refractivity contribution in [2.75, 3.05) is 27.3 Å². The fourth-order valence-corrected chi connectivity index (χ4v) is 3.66. The first-order chi connectivity index (χ1) is 13.0. The highest BCUT2D eigenvalue weighted by molar-refractivity contribution is 5.70. The third-order valence-corrected chi connectivity index (χ3v) is 5.17. The van der Waals surface area contributed by atoms with Gasteiger partial charge in [0.2, 0.25) is 0 Å². The smallest absolute Gasteiger partial charge is 0.306 e. The van der Waals surface area contributed by atoms with Crippen LogP contribution in [0.5, 0.6) is 11.5 Å². The minimum atomic E-state index is -0.744. The number of hydrogen-bond donors (Lipinski definition) is 1. The van der Waals surface area contributed by atoms with Crippen LogP contribution < -0.4 is 9.47 Å². The molecule has 0 amide bonds. The molecule has 5 nitrogen and oxygen atoms in total. The summed E-state index contributed by atoms with van der Waals surface area (Å²) in [6.07, 6.45) is 1.17. The number of aliphatic carboxylic acids is 1. The second-order valence-corrected chi connectivity index (χ2v) is 6.72. The molecule has 0 saturated carbocycles. The average molecular weight is 373 g/mol. The molecular formula is C21H24FNO4. The second-order valence-electron chi connectivity index (χ2n) is 6.72. The van der Waals surface area contributed by atoms with Gasteiger partial charge in [-0.05, 0) is 61.3 Å². The number of halogens is 1. The number of likely N-dealkylation sites (tertiary alicyclic amines) is 1. The number of methoxy groups -OCH3 is 2. The highest BCUT2D eigenvalue weighted by Gasteiger charge is 2.30. The molecule has 2 aromatic carbocycles. The molecule has 0 aromatic heterocycles. The number of benzene rings is 2. The number of carboxylic acids is 1. The maximum Gasteiger partial charge on any atom is 0.306 e. The Morgan fingerprint density at radius 1 is 1.07 bits per heavy atom. The molecule has 1 N–H and O–H groups in total. The van der Waals surface area contributed by atoms with Gasteiger partial charge in [0.15, 0.2) is 11.6 Å². The Hall–Kier alpha value is -2.60. The lowest BCUT2D eigenvalue weighted by atomic mass is 9.91. The van der Waals surface area contributed by atoms with Crippen molar-refractivity contribution in [3.05, 3.63) is 59.4 Å². The highest BCUT2D eigenvalue weighted by atomic mass is 19.1. The maximum absolute atomic E-state index is 14.3. The van der Waals surface area contributed by atoms with Crippen molar-refractivity contribution < 1.29 is 23.8 Å². The zero-order valence-electron chi connectivity index (χ0n) is 15.5. The molecule has 1 saturated heterocycles. The van der Waals surface area contributed by atoms with Gasteiger partial charge in [0.1, 0.15) is 5.75 Å². The van der Waals surface area contributed by atoms with Crippen LogP contribution >= 0.6 is 0 Å². The van der Waals surface area contributed by atoms with Gasteiger partial charge < -0.3 is 14.6 Å². The van der Waals surface area contributed by atoms with Gasteiger partial charge in [-0.1, -0.05) is 18.2 Å². The van der Waals surface area contributed by atoms with Crippen molar-refractivity contribution in [1.82, 2.24) is 4.90 Å². The molecule has 144 valence electrons. The topological polar surface area (TPSA) is 59.0 Å². The molecular weight excluding hydrogens is 349 g/mol. The number of carbonyl (C=O) groups is 1. The van der Waals surface area contributed by atoms with Gasteiger partial charge in [0, 0.05) is 0 Å². The maximum atomic E-state index is 14.3. The molecule has 0 spiro atoms. The Bertz CT molecular complexity index is 785. The van der Waals surface area contributed by atoms with Crippen molar-refractivity contribution in [3.8, 4) is 11.5 Å². The Labute approximate surface area is 158 Å². The van der Waals surface area contributed by atoms with Crippen LogP contribution in [0.1, 0.15) is 30.0 Å². The molecule has 1 fully saturated rings. The van der Waals surface area contributed by atoms with Crippen LogP contribution in [0.4, 0.5) is 4.39 Å². The first kappa shape index (κ1) is 19.2. The number of rotatable bonds is 6. The summed E-state index contributed by atoms with van der Waals surface area (Å²) < 4.78 is 24.6. The third kappa shape index (κ3) is 4.22. The Balaban J connectivity index is 1.93. The molecule has 0 radical (unpaired) electrons. The SMILES string of the molecule is COc1ccc(C(c2ccc(OC)c(F)c2)N2CCC(C(=O)O)CC2)cc1. The first-order valence-corrected chi connectivity index (χ1v) is 8.97. The summed E-state index contributed by atoms with van der Waals surface area (Å²) >= 11 is 0. The number of hydrogen-bond acceptors (Lipinski definition) is 4. The second kappa shape index (κ2) is 8.39. The Morgan fingerprint density at radius 3 is 2.22 bits per heavy atom. The highest BCUT2D eigenvalue weighted by Crippen LogP contribution is 2.35. The largest absolute Gasteiger partial charge is 0.497 e. The third-order valence-electron chi connectivity index (χ3n) is 5.17. The van der Waals surface area contributed by atoms with Gasteiger partial charge >= 0.3 is 5.97 Å². The van der Waals surface area contributed by atoms with E-state index in [2.05, 4.69) is 4.90 Å². The van der Waals surface area contributed by atoms with E-state index < -0.39 is 11.8 Å². The van der Waals surface area contributed by atoms with E-state index >= 15 is 0 Å². The number of ether oxygens (including phenoxy) is 2. The van der Waals surface area contributed by atoms with Crippen molar-refractivity contribution in [1.29, 1.82) is 0 Å². The van der Waals surface area contributed by atoms with Crippen molar-refractivity contribution in [3.63, 3.8) is 0 Å². The quantitative estimate of drug-likeness (QED) is 0.836. The summed E-state index contributed by atoms with van der Waals surface area (Å²) in [5.41, 5.74) is 1.82. The molecule has 1 aliphatic rings. The van der Waals surface area contributed by atoms with Gasteiger partial charge in [-0.25, -0.2) is 4.39 Å². The summed E-state index contributed by atoms with van der Waals surface area (Å²) in [7, 11) is 3.05. The van der Waals surface area contributed by atoms with E-state index in [9.17, 15) is 14.3 Å². The molecule has 27 heavy (non-hydrogen) atoms. The summed E-state index contributed by atoms with van der Waals surface area (Å²) in [4.78, 5) is 13.5. The monoisotopic (exact) mass is 373 g/mol. The standard InChI is InChI=1S/C21H24FNO4/c1-26-17-6-3-14(4-7-17)20(16-5-8-19(27-2)18(22)13-16)23-11-9-15(10-12-23)21(24)25/h3-8,13,15,20H,9-12H2,1-2H3,(H,24,25). The van der Waals surface area contributed by atoms with Crippen molar-refractivity contribution >= 4 is 5.97 Å². The molecule has 1 heterocycles. The predicted molar refractivity (Wildman–Crippen MR) is 99.7 cm³/mol. The normalized spacial score (nSPS) is 16.7. The van der Waals surface area contributed by atoms with Gasteiger partial charge in [0.05, 0.1) is 26.2 Å².